The van der Waals surface area contributed by atoms with E-state index in [1.807, 2.05) is 19.0 Å². The molecule has 1 amide bonds. The molecule has 5 nitrogen and oxygen atoms in total. The molecule has 0 aliphatic rings. The zero-order valence-electron chi connectivity index (χ0n) is 12.4. The lowest BCUT2D eigenvalue weighted by molar-refractivity contribution is 0.0945. The minimum absolute atomic E-state index is 0.227. The van der Waals surface area contributed by atoms with E-state index in [-0.39, 0.29) is 11.7 Å². The lowest BCUT2D eigenvalue weighted by atomic mass is 10.1. The van der Waals surface area contributed by atoms with E-state index in [4.69, 9.17) is 0 Å². The van der Waals surface area contributed by atoms with E-state index in [2.05, 4.69) is 10.4 Å². The Balaban J connectivity index is 2.13. The Bertz CT molecular complexity index is 636. The third-order valence-corrected chi connectivity index (χ3v) is 3.08. The topological polar surface area (TPSA) is 50.2 Å². The predicted molar refractivity (Wildman–Crippen MR) is 79.5 cm³/mol. The summed E-state index contributed by atoms with van der Waals surface area (Å²) in [5.74, 6) is -0.541. The molecule has 1 heterocycles. The first-order chi connectivity index (χ1) is 9.97. The summed E-state index contributed by atoms with van der Waals surface area (Å²) in [5.41, 5.74) is 1.72. The van der Waals surface area contributed by atoms with Crippen LogP contribution < -0.4 is 5.32 Å². The number of aromatic nitrogens is 2. The normalized spacial score (nSPS) is 10.9. The number of likely N-dealkylation sites (N-methyl/N-ethyl adjacent to an activating group) is 1. The van der Waals surface area contributed by atoms with Crippen LogP contribution in [0.4, 0.5) is 4.39 Å². The number of nitrogens with zero attached hydrogens (tertiary/aromatic N) is 3. The van der Waals surface area contributed by atoms with Gasteiger partial charge in [-0.1, -0.05) is 12.1 Å². The van der Waals surface area contributed by atoms with Crippen molar-refractivity contribution in [1.29, 1.82) is 0 Å². The van der Waals surface area contributed by atoms with Gasteiger partial charge >= 0.3 is 0 Å². The van der Waals surface area contributed by atoms with Crippen LogP contribution in [0.15, 0.2) is 30.3 Å². The summed E-state index contributed by atoms with van der Waals surface area (Å²) in [7, 11) is 5.61. The van der Waals surface area contributed by atoms with Crippen molar-refractivity contribution in [3.8, 4) is 11.3 Å². The van der Waals surface area contributed by atoms with Crippen LogP contribution in [0.3, 0.4) is 0 Å². The highest BCUT2D eigenvalue weighted by atomic mass is 19.1. The van der Waals surface area contributed by atoms with E-state index in [1.54, 1.807) is 29.9 Å². The van der Waals surface area contributed by atoms with Crippen molar-refractivity contribution in [3.63, 3.8) is 0 Å². The highest BCUT2D eigenvalue weighted by Gasteiger charge is 2.13. The van der Waals surface area contributed by atoms with Crippen LogP contribution in [0, 0.1) is 5.82 Å². The monoisotopic (exact) mass is 290 g/mol. The van der Waals surface area contributed by atoms with E-state index in [9.17, 15) is 9.18 Å². The smallest absolute Gasteiger partial charge is 0.271 e. The summed E-state index contributed by atoms with van der Waals surface area (Å²) >= 11 is 0. The van der Waals surface area contributed by atoms with E-state index in [0.717, 1.165) is 6.54 Å². The molecule has 0 spiro atoms. The maximum absolute atomic E-state index is 13.3. The van der Waals surface area contributed by atoms with Gasteiger partial charge in [-0.2, -0.15) is 5.10 Å². The van der Waals surface area contributed by atoms with Crippen molar-refractivity contribution >= 4 is 5.91 Å². The maximum atomic E-state index is 13.3. The fraction of sp³-hybridized carbons (Fsp3) is 0.333. The van der Waals surface area contributed by atoms with Crippen LogP contribution in [0.5, 0.6) is 0 Å². The van der Waals surface area contributed by atoms with Gasteiger partial charge in [0.2, 0.25) is 0 Å². The number of nitrogens with one attached hydrogen (secondary N) is 1. The Kier molecular flexibility index (Phi) is 4.70. The Hall–Kier alpha value is -2.21. The fourth-order valence-electron chi connectivity index (χ4n) is 1.98. The van der Waals surface area contributed by atoms with Gasteiger partial charge in [0.1, 0.15) is 5.82 Å². The average molecular weight is 290 g/mol. The van der Waals surface area contributed by atoms with Crippen LogP contribution in [0.1, 0.15) is 10.5 Å². The molecule has 0 aliphatic heterocycles. The van der Waals surface area contributed by atoms with Gasteiger partial charge in [0.15, 0.2) is 5.69 Å². The van der Waals surface area contributed by atoms with E-state index in [0.29, 0.717) is 23.5 Å². The molecule has 1 aromatic heterocycles. The number of amides is 1. The molecule has 0 saturated carbocycles. The molecular weight excluding hydrogens is 271 g/mol. The zero-order chi connectivity index (χ0) is 15.4. The molecule has 112 valence electrons. The Morgan fingerprint density at radius 1 is 1.38 bits per heavy atom. The van der Waals surface area contributed by atoms with Crippen molar-refractivity contribution in [2.45, 2.75) is 0 Å². The number of halogens is 1. The van der Waals surface area contributed by atoms with Crippen molar-refractivity contribution in [2.24, 2.45) is 7.05 Å². The summed E-state index contributed by atoms with van der Waals surface area (Å²) in [5, 5.41) is 6.99. The molecule has 0 atom stereocenters. The SMILES string of the molecule is CN(C)CCNC(=O)c1cc(-c2cccc(F)c2)n(C)n1. The summed E-state index contributed by atoms with van der Waals surface area (Å²) in [6.07, 6.45) is 0. The minimum atomic E-state index is -0.314. The van der Waals surface area contributed by atoms with Gasteiger partial charge in [-0.15, -0.1) is 0 Å². The summed E-state index contributed by atoms with van der Waals surface area (Å²) in [6.45, 7) is 1.31. The number of carbonyl (C=O) groups excluding carboxylic acids is 1. The summed E-state index contributed by atoms with van der Waals surface area (Å²) < 4.78 is 14.9. The molecule has 2 rings (SSSR count). The standard InChI is InChI=1S/C15H19FN4O/c1-19(2)8-7-17-15(21)13-10-14(20(3)18-13)11-5-4-6-12(16)9-11/h4-6,9-10H,7-8H2,1-3H3,(H,17,21). The number of rotatable bonds is 5. The number of hydrogen-bond donors (Lipinski definition) is 1. The first-order valence-corrected chi connectivity index (χ1v) is 6.70. The molecule has 2 aromatic rings. The van der Waals surface area contributed by atoms with E-state index >= 15 is 0 Å². The van der Waals surface area contributed by atoms with Crippen LogP contribution in [0.2, 0.25) is 0 Å². The van der Waals surface area contributed by atoms with Gasteiger partial charge in [0.25, 0.3) is 5.91 Å². The average Bonchev–Trinajstić information content (AvgIpc) is 2.80. The second-order valence-corrected chi connectivity index (χ2v) is 5.11. The van der Waals surface area contributed by atoms with E-state index in [1.165, 1.54) is 12.1 Å². The molecule has 0 saturated heterocycles. The first kappa shape index (κ1) is 15.2. The third-order valence-electron chi connectivity index (χ3n) is 3.08. The molecule has 0 aliphatic carbocycles. The van der Waals surface area contributed by atoms with Crippen LogP contribution in [0.25, 0.3) is 11.3 Å². The Labute approximate surface area is 123 Å². The number of hydrogen-bond acceptors (Lipinski definition) is 3. The van der Waals surface area contributed by atoms with Gasteiger partial charge in [0.05, 0.1) is 5.69 Å². The second kappa shape index (κ2) is 6.49. The number of aryl methyl sites for hydroxylation is 1. The van der Waals surface area contributed by atoms with E-state index < -0.39 is 0 Å². The molecule has 6 heteroatoms. The summed E-state index contributed by atoms with van der Waals surface area (Å²) in [6, 6.07) is 7.89. The molecule has 0 bridgehead atoms. The van der Waals surface area contributed by atoms with Gasteiger partial charge in [0, 0.05) is 25.7 Å². The van der Waals surface area contributed by atoms with Gasteiger partial charge in [-0.25, -0.2) is 4.39 Å². The van der Waals surface area contributed by atoms with Crippen LogP contribution in [-0.2, 0) is 7.05 Å². The minimum Gasteiger partial charge on any atom is -0.349 e. The largest absolute Gasteiger partial charge is 0.349 e. The lowest BCUT2D eigenvalue weighted by Crippen LogP contribution is -2.31. The van der Waals surface area contributed by atoms with Gasteiger partial charge in [-0.3, -0.25) is 9.48 Å². The van der Waals surface area contributed by atoms with Crippen LogP contribution in [-0.4, -0.2) is 47.8 Å². The molecule has 0 radical (unpaired) electrons. The second-order valence-electron chi connectivity index (χ2n) is 5.11. The molecule has 0 fully saturated rings. The maximum Gasteiger partial charge on any atom is 0.271 e. The quantitative estimate of drug-likeness (QED) is 0.908. The molecular formula is C15H19FN4O. The predicted octanol–water partition coefficient (Wildman–Crippen LogP) is 1.52. The van der Waals surface area contributed by atoms with Crippen molar-refractivity contribution in [2.75, 3.05) is 27.2 Å². The van der Waals surface area contributed by atoms with Gasteiger partial charge < -0.3 is 10.2 Å². The molecule has 1 N–H and O–H groups in total. The first-order valence-electron chi connectivity index (χ1n) is 6.70. The number of carbonyl (C=O) groups is 1. The van der Waals surface area contributed by atoms with Crippen molar-refractivity contribution in [1.82, 2.24) is 20.0 Å². The fourth-order valence-corrected chi connectivity index (χ4v) is 1.98. The zero-order valence-corrected chi connectivity index (χ0v) is 12.4. The van der Waals surface area contributed by atoms with Crippen LogP contribution >= 0.6 is 0 Å². The molecule has 0 unspecified atom stereocenters. The third kappa shape index (κ3) is 3.88. The van der Waals surface area contributed by atoms with Gasteiger partial charge in [-0.05, 0) is 32.3 Å². The van der Waals surface area contributed by atoms with Crippen molar-refractivity contribution < 1.29 is 9.18 Å². The highest BCUT2D eigenvalue weighted by molar-refractivity contribution is 5.93. The molecule has 1 aromatic carbocycles. The molecule has 21 heavy (non-hydrogen) atoms. The summed E-state index contributed by atoms with van der Waals surface area (Å²) in [4.78, 5) is 14.0. The number of benzene rings is 1. The highest BCUT2D eigenvalue weighted by Crippen LogP contribution is 2.20. The lowest BCUT2D eigenvalue weighted by Gasteiger charge is -2.09. The Morgan fingerprint density at radius 3 is 2.81 bits per heavy atom. The Morgan fingerprint density at radius 2 is 2.14 bits per heavy atom. The van der Waals surface area contributed by atoms with Crippen molar-refractivity contribution in [3.05, 3.63) is 41.8 Å².